The van der Waals surface area contributed by atoms with Gasteiger partial charge in [0.05, 0.1) is 12.2 Å². The molecular formula is C13H20N4OS. The van der Waals surface area contributed by atoms with Gasteiger partial charge in [0.1, 0.15) is 4.99 Å². The predicted octanol–water partition coefficient (Wildman–Crippen LogP) is 0.659. The maximum absolute atomic E-state index is 11.1. The van der Waals surface area contributed by atoms with Crippen LogP contribution in [0.25, 0.3) is 0 Å². The van der Waals surface area contributed by atoms with E-state index >= 15 is 0 Å². The van der Waals surface area contributed by atoms with Gasteiger partial charge >= 0.3 is 0 Å². The van der Waals surface area contributed by atoms with Crippen LogP contribution in [0, 0.1) is 5.92 Å². The van der Waals surface area contributed by atoms with Crippen LogP contribution in [-0.2, 0) is 11.3 Å². The van der Waals surface area contributed by atoms with Crippen molar-refractivity contribution in [2.75, 3.05) is 13.1 Å². The van der Waals surface area contributed by atoms with Crippen LogP contribution in [0.15, 0.2) is 18.3 Å². The van der Waals surface area contributed by atoms with Crippen LogP contribution in [0.5, 0.6) is 0 Å². The van der Waals surface area contributed by atoms with E-state index in [4.69, 9.17) is 23.7 Å². The Labute approximate surface area is 119 Å². The zero-order valence-electron chi connectivity index (χ0n) is 11.3. The summed E-state index contributed by atoms with van der Waals surface area (Å²) in [6, 6.07) is 3.73. The van der Waals surface area contributed by atoms with E-state index < -0.39 is 0 Å². The average Bonchev–Trinajstić information content (AvgIpc) is 2.27. The second-order valence-electron chi connectivity index (χ2n) is 4.94. The molecule has 1 aromatic heterocycles. The van der Waals surface area contributed by atoms with E-state index in [2.05, 4.69) is 18.8 Å². The van der Waals surface area contributed by atoms with Crippen molar-refractivity contribution in [2.24, 2.45) is 17.4 Å². The third-order valence-corrected chi connectivity index (χ3v) is 2.69. The minimum atomic E-state index is -0.329. The van der Waals surface area contributed by atoms with Gasteiger partial charge in [-0.2, -0.15) is 0 Å². The molecule has 0 aliphatic rings. The second-order valence-corrected chi connectivity index (χ2v) is 5.38. The molecule has 0 saturated heterocycles. The summed E-state index contributed by atoms with van der Waals surface area (Å²) in [6.45, 7) is 5.86. The molecule has 0 aliphatic carbocycles. The van der Waals surface area contributed by atoms with Crippen molar-refractivity contribution >= 4 is 23.1 Å². The van der Waals surface area contributed by atoms with Gasteiger partial charge in [-0.15, -0.1) is 0 Å². The summed E-state index contributed by atoms with van der Waals surface area (Å²) >= 11 is 4.90. The fraction of sp³-hybridized carbons (Fsp3) is 0.462. The van der Waals surface area contributed by atoms with E-state index in [1.165, 1.54) is 0 Å². The number of nitrogens with two attached hydrogens (primary N) is 2. The second kappa shape index (κ2) is 7.16. The minimum Gasteiger partial charge on any atom is -0.388 e. The maximum Gasteiger partial charge on any atom is 0.231 e. The van der Waals surface area contributed by atoms with Gasteiger partial charge < -0.3 is 11.5 Å². The fourth-order valence-electron chi connectivity index (χ4n) is 1.89. The summed E-state index contributed by atoms with van der Waals surface area (Å²) in [5.74, 6) is 0.125. The molecule has 19 heavy (non-hydrogen) atoms. The first-order chi connectivity index (χ1) is 8.88. The lowest BCUT2D eigenvalue weighted by Gasteiger charge is -2.22. The van der Waals surface area contributed by atoms with Crippen LogP contribution in [0.2, 0.25) is 0 Å². The number of primary amides is 1. The van der Waals surface area contributed by atoms with Gasteiger partial charge in [-0.3, -0.25) is 14.7 Å². The Balaban J connectivity index is 2.80. The molecule has 0 spiro atoms. The van der Waals surface area contributed by atoms with Crippen LogP contribution in [0.3, 0.4) is 0 Å². The van der Waals surface area contributed by atoms with Crippen LogP contribution >= 0.6 is 12.2 Å². The molecule has 0 unspecified atom stereocenters. The summed E-state index contributed by atoms with van der Waals surface area (Å²) in [4.78, 5) is 17.5. The lowest BCUT2D eigenvalue weighted by molar-refractivity contribution is -0.119. The number of carbonyl (C=O) groups excluding carboxylic acids is 1. The number of rotatable bonds is 7. The maximum atomic E-state index is 11.1. The molecule has 0 radical (unpaired) electrons. The lowest BCUT2D eigenvalue weighted by Crippen LogP contribution is -2.35. The molecule has 0 fully saturated rings. The number of hydrogen-bond acceptors (Lipinski definition) is 4. The van der Waals surface area contributed by atoms with Crippen molar-refractivity contribution in [3.05, 3.63) is 29.6 Å². The Hall–Kier alpha value is -1.53. The first-order valence-corrected chi connectivity index (χ1v) is 6.54. The Morgan fingerprint density at radius 1 is 1.47 bits per heavy atom. The van der Waals surface area contributed by atoms with Crippen molar-refractivity contribution in [1.82, 2.24) is 9.88 Å². The summed E-state index contributed by atoms with van der Waals surface area (Å²) in [6.07, 6.45) is 1.67. The predicted molar refractivity (Wildman–Crippen MR) is 79.4 cm³/mol. The number of amides is 1. The van der Waals surface area contributed by atoms with E-state index in [-0.39, 0.29) is 17.4 Å². The van der Waals surface area contributed by atoms with E-state index in [1.807, 2.05) is 17.0 Å². The van der Waals surface area contributed by atoms with Crippen LogP contribution in [0.1, 0.15) is 25.1 Å². The Kier molecular flexibility index (Phi) is 5.85. The average molecular weight is 280 g/mol. The summed E-state index contributed by atoms with van der Waals surface area (Å²) in [5, 5.41) is 0. The number of carbonyl (C=O) groups is 1. The number of pyridine rings is 1. The third-order valence-electron chi connectivity index (χ3n) is 2.49. The van der Waals surface area contributed by atoms with Gasteiger partial charge in [-0.05, 0) is 23.6 Å². The first kappa shape index (κ1) is 15.5. The lowest BCUT2D eigenvalue weighted by atomic mass is 10.1. The summed E-state index contributed by atoms with van der Waals surface area (Å²) in [7, 11) is 0. The normalized spacial score (nSPS) is 10.9. The van der Waals surface area contributed by atoms with E-state index in [9.17, 15) is 4.79 Å². The van der Waals surface area contributed by atoms with Crippen LogP contribution in [0.4, 0.5) is 0 Å². The topological polar surface area (TPSA) is 85.2 Å². The number of nitrogens with zero attached hydrogens (tertiary/aromatic N) is 2. The van der Waals surface area contributed by atoms with E-state index in [0.717, 1.165) is 12.1 Å². The van der Waals surface area contributed by atoms with Gasteiger partial charge in [0.2, 0.25) is 5.91 Å². The number of thiocarbonyl (C=S) groups is 1. The molecule has 0 atom stereocenters. The molecule has 1 amide bonds. The van der Waals surface area contributed by atoms with Gasteiger partial charge in [-0.25, -0.2) is 0 Å². The fourth-order valence-corrected chi connectivity index (χ4v) is 2.00. The van der Waals surface area contributed by atoms with Crippen molar-refractivity contribution in [3.63, 3.8) is 0 Å². The molecule has 5 nitrogen and oxygen atoms in total. The zero-order chi connectivity index (χ0) is 14.4. The number of aromatic nitrogens is 1. The van der Waals surface area contributed by atoms with Crippen LogP contribution in [-0.4, -0.2) is 33.9 Å². The Morgan fingerprint density at radius 2 is 2.16 bits per heavy atom. The SMILES string of the molecule is CC(C)CN(CC(N)=O)Cc1ccnc(C(N)=S)c1. The molecule has 0 bridgehead atoms. The highest BCUT2D eigenvalue weighted by Crippen LogP contribution is 2.08. The van der Waals surface area contributed by atoms with Crippen molar-refractivity contribution < 1.29 is 4.79 Å². The molecule has 0 saturated carbocycles. The molecule has 1 aromatic rings. The quantitative estimate of drug-likeness (QED) is 0.717. The highest BCUT2D eigenvalue weighted by Gasteiger charge is 2.11. The molecule has 6 heteroatoms. The van der Waals surface area contributed by atoms with E-state index in [1.54, 1.807) is 6.20 Å². The number of hydrogen-bond donors (Lipinski definition) is 2. The van der Waals surface area contributed by atoms with Crippen molar-refractivity contribution in [3.8, 4) is 0 Å². The molecule has 0 aromatic carbocycles. The summed E-state index contributed by atoms with van der Waals surface area (Å²) in [5.41, 5.74) is 12.4. The molecule has 0 aliphatic heterocycles. The standard InChI is InChI=1S/C13H20N4OS/c1-9(2)6-17(8-12(14)18)7-10-3-4-16-11(5-10)13(15)19/h3-5,9H,6-8H2,1-2H3,(H2,14,18)(H2,15,19). The van der Waals surface area contributed by atoms with Gasteiger partial charge in [0.15, 0.2) is 0 Å². The van der Waals surface area contributed by atoms with Crippen molar-refractivity contribution in [1.29, 1.82) is 0 Å². The van der Waals surface area contributed by atoms with Gasteiger partial charge in [0.25, 0.3) is 0 Å². The molecular weight excluding hydrogens is 260 g/mol. The highest BCUT2D eigenvalue weighted by atomic mass is 32.1. The van der Waals surface area contributed by atoms with Crippen molar-refractivity contribution in [2.45, 2.75) is 20.4 Å². The minimum absolute atomic E-state index is 0.239. The Bertz CT molecular complexity index is 462. The van der Waals surface area contributed by atoms with E-state index in [0.29, 0.717) is 18.2 Å². The van der Waals surface area contributed by atoms with Gasteiger partial charge in [-0.1, -0.05) is 26.1 Å². The Morgan fingerprint density at radius 3 is 2.68 bits per heavy atom. The van der Waals surface area contributed by atoms with Gasteiger partial charge in [0, 0.05) is 19.3 Å². The largest absolute Gasteiger partial charge is 0.388 e. The third kappa shape index (κ3) is 5.76. The monoisotopic (exact) mass is 280 g/mol. The molecule has 1 heterocycles. The summed E-state index contributed by atoms with van der Waals surface area (Å²) < 4.78 is 0. The molecule has 4 N–H and O–H groups in total. The molecule has 1 rings (SSSR count). The highest BCUT2D eigenvalue weighted by molar-refractivity contribution is 7.80. The zero-order valence-corrected chi connectivity index (χ0v) is 12.1. The van der Waals surface area contributed by atoms with Crippen LogP contribution < -0.4 is 11.5 Å². The first-order valence-electron chi connectivity index (χ1n) is 6.14. The molecule has 104 valence electrons. The smallest absolute Gasteiger partial charge is 0.231 e.